The standard InChI is InChI=1S/C24H39N3O3/c1-5-26(6-2)24(29)19-25-13-9-14-27(16-15-25)23(28)10-7-8-17-30-22-18-20(3)11-12-21(22)4/h11-12,18H,5-10,13-17,19H2,1-4H3. The van der Waals surface area contributed by atoms with Crippen LogP contribution in [0.25, 0.3) is 0 Å². The molecule has 0 N–H and O–H groups in total. The van der Waals surface area contributed by atoms with Gasteiger partial charge in [-0.25, -0.2) is 0 Å². The van der Waals surface area contributed by atoms with Crippen LogP contribution < -0.4 is 4.74 Å². The molecule has 0 aliphatic carbocycles. The molecule has 1 aliphatic heterocycles. The Labute approximate surface area is 182 Å². The first-order valence-electron chi connectivity index (χ1n) is 11.4. The Kier molecular flexibility index (Phi) is 10.1. The maximum absolute atomic E-state index is 12.6. The third-order valence-corrected chi connectivity index (χ3v) is 5.80. The van der Waals surface area contributed by atoms with Crippen LogP contribution >= 0.6 is 0 Å². The van der Waals surface area contributed by atoms with Crippen LogP contribution in [0, 0.1) is 13.8 Å². The zero-order chi connectivity index (χ0) is 21.9. The zero-order valence-electron chi connectivity index (χ0n) is 19.3. The van der Waals surface area contributed by atoms with E-state index >= 15 is 0 Å². The average Bonchev–Trinajstić information content (AvgIpc) is 2.96. The fourth-order valence-electron chi connectivity index (χ4n) is 3.83. The molecule has 0 spiro atoms. The fraction of sp³-hybridized carbons (Fsp3) is 0.667. The quantitative estimate of drug-likeness (QED) is 0.549. The molecule has 2 amide bonds. The number of unbranched alkanes of at least 4 members (excludes halogenated alkanes) is 1. The monoisotopic (exact) mass is 417 g/mol. The lowest BCUT2D eigenvalue weighted by Crippen LogP contribution is -2.42. The minimum atomic E-state index is 0.184. The molecule has 6 nitrogen and oxygen atoms in total. The molecule has 1 aliphatic rings. The van der Waals surface area contributed by atoms with E-state index in [9.17, 15) is 9.59 Å². The van der Waals surface area contributed by atoms with Gasteiger partial charge in [-0.15, -0.1) is 0 Å². The second-order valence-corrected chi connectivity index (χ2v) is 8.15. The van der Waals surface area contributed by atoms with E-state index < -0.39 is 0 Å². The number of benzene rings is 1. The summed E-state index contributed by atoms with van der Waals surface area (Å²) in [6.45, 7) is 13.9. The molecule has 0 atom stereocenters. The molecule has 0 aromatic heterocycles. The minimum absolute atomic E-state index is 0.184. The third kappa shape index (κ3) is 7.63. The molecule has 168 valence electrons. The van der Waals surface area contributed by atoms with E-state index in [0.717, 1.165) is 63.3 Å². The van der Waals surface area contributed by atoms with Crippen LogP contribution in [0.4, 0.5) is 0 Å². The van der Waals surface area contributed by atoms with Crippen molar-refractivity contribution < 1.29 is 14.3 Å². The van der Waals surface area contributed by atoms with Gasteiger partial charge in [0.1, 0.15) is 5.75 Å². The van der Waals surface area contributed by atoms with Gasteiger partial charge in [0.05, 0.1) is 13.2 Å². The van der Waals surface area contributed by atoms with Crippen LogP contribution in [-0.2, 0) is 9.59 Å². The van der Waals surface area contributed by atoms with Crippen LogP contribution in [0.1, 0.15) is 50.7 Å². The molecule has 0 saturated carbocycles. The zero-order valence-corrected chi connectivity index (χ0v) is 19.3. The lowest BCUT2D eigenvalue weighted by Gasteiger charge is -2.25. The van der Waals surface area contributed by atoms with Gasteiger partial charge in [0.2, 0.25) is 11.8 Å². The highest BCUT2D eigenvalue weighted by molar-refractivity contribution is 5.78. The normalized spacial score (nSPS) is 15.0. The number of rotatable bonds is 10. The van der Waals surface area contributed by atoms with E-state index in [4.69, 9.17) is 4.74 Å². The Morgan fingerprint density at radius 2 is 1.80 bits per heavy atom. The Morgan fingerprint density at radius 3 is 2.53 bits per heavy atom. The maximum atomic E-state index is 12.6. The summed E-state index contributed by atoms with van der Waals surface area (Å²) in [6.07, 6.45) is 3.20. The van der Waals surface area contributed by atoms with Gasteiger partial charge < -0.3 is 14.5 Å². The first-order valence-corrected chi connectivity index (χ1v) is 11.4. The first kappa shape index (κ1) is 24.2. The molecule has 1 fully saturated rings. The summed E-state index contributed by atoms with van der Waals surface area (Å²) in [6, 6.07) is 6.23. The van der Waals surface area contributed by atoms with Crippen molar-refractivity contribution in [2.75, 3.05) is 52.4 Å². The number of aryl methyl sites for hydroxylation is 2. The summed E-state index contributed by atoms with van der Waals surface area (Å²) in [4.78, 5) is 31.0. The van der Waals surface area contributed by atoms with E-state index in [1.807, 2.05) is 23.6 Å². The van der Waals surface area contributed by atoms with E-state index in [1.165, 1.54) is 5.56 Å². The Bertz CT molecular complexity index is 688. The van der Waals surface area contributed by atoms with Crippen molar-refractivity contribution in [3.63, 3.8) is 0 Å². The van der Waals surface area contributed by atoms with Crippen molar-refractivity contribution >= 4 is 11.8 Å². The molecule has 6 heteroatoms. The molecule has 2 rings (SSSR count). The summed E-state index contributed by atoms with van der Waals surface area (Å²) in [5.74, 6) is 1.34. The molecular weight excluding hydrogens is 378 g/mol. The molecule has 0 bridgehead atoms. The van der Waals surface area contributed by atoms with Crippen LogP contribution in [0.5, 0.6) is 5.75 Å². The van der Waals surface area contributed by atoms with E-state index in [-0.39, 0.29) is 11.8 Å². The first-order chi connectivity index (χ1) is 14.4. The van der Waals surface area contributed by atoms with Crippen molar-refractivity contribution in [3.8, 4) is 5.75 Å². The lowest BCUT2D eigenvalue weighted by atomic mass is 10.1. The van der Waals surface area contributed by atoms with Gasteiger partial charge in [0, 0.05) is 45.7 Å². The number of nitrogens with zero attached hydrogens (tertiary/aromatic N) is 3. The average molecular weight is 418 g/mol. The number of ether oxygens (including phenoxy) is 1. The number of likely N-dealkylation sites (N-methyl/N-ethyl adjacent to an activating group) is 1. The highest BCUT2D eigenvalue weighted by Crippen LogP contribution is 2.19. The molecule has 30 heavy (non-hydrogen) atoms. The Hall–Kier alpha value is -2.08. The SMILES string of the molecule is CCN(CC)C(=O)CN1CCCN(C(=O)CCCCOc2cc(C)ccc2C)CC1. The van der Waals surface area contributed by atoms with Gasteiger partial charge in [-0.1, -0.05) is 12.1 Å². The van der Waals surface area contributed by atoms with E-state index in [2.05, 4.69) is 36.9 Å². The predicted molar refractivity (Wildman–Crippen MR) is 121 cm³/mol. The van der Waals surface area contributed by atoms with Crippen molar-refractivity contribution in [2.45, 2.75) is 53.4 Å². The smallest absolute Gasteiger partial charge is 0.236 e. The summed E-state index contributed by atoms with van der Waals surface area (Å²) >= 11 is 0. The number of carbonyl (C=O) groups is 2. The second kappa shape index (κ2) is 12.6. The third-order valence-electron chi connectivity index (χ3n) is 5.80. The molecule has 1 saturated heterocycles. The number of amides is 2. The van der Waals surface area contributed by atoms with Crippen molar-refractivity contribution in [1.82, 2.24) is 14.7 Å². The highest BCUT2D eigenvalue weighted by atomic mass is 16.5. The number of carbonyl (C=O) groups excluding carboxylic acids is 2. The molecule has 1 aromatic rings. The van der Waals surface area contributed by atoms with Gasteiger partial charge in [0.25, 0.3) is 0 Å². The summed E-state index contributed by atoms with van der Waals surface area (Å²) in [7, 11) is 0. The minimum Gasteiger partial charge on any atom is -0.493 e. The van der Waals surface area contributed by atoms with Gasteiger partial charge in [0.15, 0.2) is 0 Å². The lowest BCUT2D eigenvalue weighted by molar-refractivity contribution is -0.132. The molecule has 0 radical (unpaired) electrons. The largest absolute Gasteiger partial charge is 0.493 e. The summed E-state index contributed by atoms with van der Waals surface area (Å²) in [5, 5.41) is 0. The molecule has 1 aromatic carbocycles. The van der Waals surface area contributed by atoms with Gasteiger partial charge >= 0.3 is 0 Å². The number of hydrogen-bond acceptors (Lipinski definition) is 4. The van der Waals surface area contributed by atoms with Gasteiger partial charge in [-0.2, -0.15) is 0 Å². The maximum Gasteiger partial charge on any atom is 0.236 e. The topological polar surface area (TPSA) is 53.1 Å². The number of hydrogen-bond donors (Lipinski definition) is 0. The molecule has 1 heterocycles. The van der Waals surface area contributed by atoms with E-state index in [1.54, 1.807) is 0 Å². The van der Waals surface area contributed by atoms with Crippen LogP contribution in [-0.4, -0.2) is 78.9 Å². The Morgan fingerprint density at radius 1 is 1.03 bits per heavy atom. The van der Waals surface area contributed by atoms with Crippen molar-refractivity contribution in [1.29, 1.82) is 0 Å². The highest BCUT2D eigenvalue weighted by Gasteiger charge is 2.21. The van der Waals surface area contributed by atoms with Crippen molar-refractivity contribution in [3.05, 3.63) is 29.3 Å². The van der Waals surface area contributed by atoms with Crippen LogP contribution in [0.3, 0.4) is 0 Å². The second-order valence-electron chi connectivity index (χ2n) is 8.15. The summed E-state index contributed by atoms with van der Waals surface area (Å²) < 4.78 is 5.89. The summed E-state index contributed by atoms with van der Waals surface area (Å²) in [5.41, 5.74) is 2.34. The van der Waals surface area contributed by atoms with Gasteiger partial charge in [-0.3, -0.25) is 14.5 Å². The Balaban J connectivity index is 1.67. The van der Waals surface area contributed by atoms with Gasteiger partial charge in [-0.05, 0) is 64.2 Å². The molecular formula is C24H39N3O3. The fourth-order valence-corrected chi connectivity index (χ4v) is 3.83. The van der Waals surface area contributed by atoms with Crippen LogP contribution in [0.15, 0.2) is 18.2 Å². The predicted octanol–water partition coefficient (Wildman–Crippen LogP) is 3.26. The molecule has 0 unspecified atom stereocenters. The van der Waals surface area contributed by atoms with Crippen LogP contribution in [0.2, 0.25) is 0 Å². The van der Waals surface area contributed by atoms with E-state index in [0.29, 0.717) is 26.1 Å². The van der Waals surface area contributed by atoms with Crippen molar-refractivity contribution in [2.24, 2.45) is 0 Å².